The molecule has 4 heteroatoms. The molecule has 0 aliphatic heterocycles. The minimum absolute atomic E-state index is 0.823. The van der Waals surface area contributed by atoms with Gasteiger partial charge in [0.2, 0.25) is 0 Å². The fourth-order valence-electron chi connectivity index (χ4n) is 2.26. The van der Waals surface area contributed by atoms with Gasteiger partial charge in [0.1, 0.15) is 0 Å². The van der Waals surface area contributed by atoms with Gasteiger partial charge in [-0.1, -0.05) is 12.5 Å². The molecule has 1 aromatic rings. The molecule has 1 N–H and O–H groups in total. The second-order valence-corrected chi connectivity index (χ2v) is 5.91. The van der Waals surface area contributed by atoms with Crippen molar-refractivity contribution in [3.63, 3.8) is 0 Å². The molecule has 0 spiro atoms. The average Bonchev–Trinajstić information content (AvgIpc) is 2.31. The molecular weight excluding hydrogens is 306 g/mol. The highest BCUT2D eigenvalue weighted by Crippen LogP contribution is 2.31. The zero-order chi connectivity index (χ0) is 13.8. The number of aliphatic carboxylic acids is 1. The van der Waals surface area contributed by atoms with E-state index in [9.17, 15) is 4.79 Å². The lowest BCUT2D eigenvalue weighted by atomic mass is 9.85. The minimum atomic E-state index is -0.928. The summed E-state index contributed by atoms with van der Waals surface area (Å²) in [5.41, 5.74) is 2.04. The lowest BCUT2D eigenvalue weighted by Crippen LogP contribution is -2.29. The van der Waals surface area contributed by atoms with Crippen LogP contribution in [0.25, 0.3) is 6.08 Å². The normalized spacial score (nSPS) is 15.5. The molecule has 0 heterocycles. The molecule has 1 fully saturated rings. The smallest absolute Gasteiger partial charge is 0.328 e. The van der Waals surface area contributed by atoms with Crippen molar-refractivity contribution in [2.45, 2.75) is 19.3 Å². The summed E-state index contributed by atoms with van der Waals surface area (Å²) in [7, 11) is 2.10. The fraction of sp³-hybridized carbons (Fsp3) is 0.400. The number of carboxylic acid groups (broad SMARTS) is 1. The predicted octanol–water partition coefficient (Wildman–Crippen LogP) is 3.78. The average molecular weight is 324 g/mol. The third-order valence-corrected chi connectivity index (χ3v) is 4.19. The van der Waals surface area contributed by atoms with E-state index in [0.717, 1.165) is 34.3 Å². The first-order chi connectivity index (χ1) is 9.06. The first-order valence-electron chi connectivity index (χ1n) is 6.48. The molecule has 0 radical (unpaired) electrons. The van der Waals surface area contributed by atoms with Gasteiger partial charge in [0.05, 0.1) is 5.69 Å². The maximum absolute atomic E-state index is 10.5. The molecule has 2 rings (SSSR count). The standard InChI is InChI=1S/C15H18BrNO2/c1-17(10-12-3-2-4-12)14-7-5-11(9-13(14)16)6-8-15(18)19/h5-9,12H,2-4,10H2,1H3,(H,18,19)/b8-6+. The highest BCUT2D eigenvalue weighted by atomic mass is 79.9. The van der Waals surface area contributed by atoms with Gasteiger partial charge in [-0.2, -0.15) is 0 Å². The summed E-state index contributed by atoms with van der Waals surface area (Å²) in [5, 5.41) is 8.61. The summed E-state index contributed by atoms with van der Waals surface area (Å²) in [5.74, 6) is -0.106. The van der Waals surface area contributed by atoms with Gasteiger partial charge >= 0.3 is 5.97 Å². The van der Waals surface area contributed by atoms with Gasteiger partial charge in [0.25, 0.3) is 0 Å². The van der Waals surface area contributed by atoms with E-state index in [2.05, 4.69) is 27.9 Å². The molecule has 1 aliphatic carbocycles. The van der Waals surface area contributed by atoms with Gasteiger partial charge in [-0.25, -0.2) is 4.79 Å². The summed E-state index contributed by atoms with van der Waals surface area (Å²) < 4.78 is 1.00. The molecule has 0 bridgehead atoms. The van der Waals surface area contributed by atoms with Crippen LogP contribution in [0.5, 0.6) is 0 Å². The molecule has 1 saturated carbocycles. The minimum Gasteiger partial charge on any atom is -0.478 e. The number of hydrogen-bond donors (Lipinski definition) is 1. The molecule has 0 atom stereocenters. The van der Waals surface area contributed by atoms with E-state index >= 15 is 0 Å². The number of carbonyl (C=O) groups is 1. The van der Waals surface area contributed by atoms with Crippen LogP contribution in [0.3, 0.4) is 0 Å². The molecule has 0 unspecified atom stereocenters. The number of hydrogen-bond acceptors (Lipinski definition) is 2. The number of nitrogens with zero attached hydrogens (tertiary/aromatic N) is 1. The highest BCUT2D eigenvalue weighted by molar-refractivity contribution is 9.10. The molecule has 1 aromatic carbocycles. The van der Waals surface area contributed by atoms with Crippen LogP contribution in [-0.4, -0.2) is 24.7 Å². The van der Waals surface area contributed by atoms with Crippen LogP contribution in [0.2, 0.25) is 0 Å². The maximum atomic E-state index is 10.5. The molecule has 0 aromatic heterocycles. The SMILES string of the molecule is CN(CC1CCC1)c1ccc(/C=C/C(=O)O)cc1Br. The van der Waals surface area contributed by atoms with E-state index in [-0.39, 0.29) is 0 Å². The monoisotopic (exact) mass is 323 g/mol. The van der Waals surface area contributed by atoms with Gasteiger partial charge in [-0.3, -0.25) is 0 Å². The van der Waals surface area contributed by atoms with Crippen LogP contribution in [0, 0.1) is 5.92 Å². The molecule has 0 saturated heterocycles. The fourth-order valence-corrected chi connectivity index (χ4v) is 2.96. The van der Waals surface area contributed by atoms with Crippen molar-refractivity contribution in [3.05, 3.63) is 34.3 Å². The third kappa shape index (κ3) is 3.83. The van der Waals surface area contributed by atoms with Crippen molar-refractivity contribution >= 4 is 33.7 Å². The van der Waals surface area contributed by atoms with E-state index in [1.54, 1.807) is 6.08 Å². The van der Waals surface area contributed by atoms with Gasteiger partial charge in [-0.15, -0.1) is 0 Å². The third-order valence-electron chi connectivity index (χ3n) is 3.56. The summed E-state index contributed by atoms with van der Waals surface area (Å²) in [6, 6.07) is 5.92. The second kappa shape index (κ2) is 6.24. The van der Waals surface area contributed by atoms with E-state index in [1.807, 2.05) is 18.2 Å². The van der Waals surface area contributed by atoms with Crippen molar-refractivity contribution in [1.82, 2.24) is 0 Å². The molecule has 3 nitrogen and oxygen atoms in total. The second-order valence-electron chi connectivity index (χ2n) is 5.06. The van der Waals surface area contributed by atoms with E-state index in [1.165, 1.54) is 19.3 Å². The van der Waals surface area contributed by atoms with Crippen molar-refractivity contribution < 1.29 is 9.90 Å². The summed E-state index contributed by atoms with van der Waals surface area (Å²) in [6.45, 7) is 1.09. The Bertz CT molecular complexity index is 495. The van der Waals surface area contributed by atoms with Crippen molar-refractivity contribution in [3.8, 4) is 0 Å². The predicted molar refractivity (Wildman–Crippen MR) is 81.4 cm³/mol. The van der Waals surface area contributed by atoms with Crippen molar-refractivity contribution in [2.75, 3.05) is 18.5 Å². The Morgan fingerprint density at radius 1 is 1.53 bits per heavy atom. The lowest BCUT2D eigenvalue weighted by molar-refractivity contribution is -0.131. The first kappa shape index (κ1) is 14.1. The van der Waals surface area contributed by atoms with E-state index in [0.29, 0.717) is 0 Å². The van der Waals surface area contributed by atoms with Crippen molar-refractivity contribution in [1.29, 1.82) is 0 Å². The van der Waals surface area contributed by atoms with Crippen LogP contribution in [0.1, 0.15) is 24.8 Å². The Balaban J connectivity index is 2.07. The van der Waals surface area contributed by atoms with Gasteiger partial charge < -0.3 is 10.0 Å². The first-order valence-corrected chi connectivity index (χ1v) is 7.27. The Morgan fingerprint density at radius 2 is 2.26 bits per heavy atom. The van der Waals surface area contributed by atoms with E-state index < -0.39 is 5.97 Å². The Kier molecular flexibility index (Phi) is 4.64. The number of carboxylic acids is 1. The van der Waals surface area contributed by atoms with Gasteiger partial charge in [0, 0.05) is 24.1 Å². The number of anilines is 1. The van der Waals surface area contributed by atoms with Gasteiger partial charge in [-0.05, 0) is 58.5 Å². The zero-order valence-corrected chi connectivity index (χ0v) is 12.6. The number of halogens is 1. The number of rotatable bonds is 5. The molecule has 1 aliphatic rings. The lowest BCUT2D eigenvalue weighted by Gasteiger charge is -2.31. The Morgan fingerprint density at radius 3 is 2.79 bits per heavy atom. The highest BCUT2D eigenvalue weighted by Gasteiger charge is 2.19. The summed E-state index contributed by atoms with van der Waals surface area (Å²) in [4.78, 5) is 12.7. The van der Waals surface area contributed by atoms with Crippen molar-refractivity contribution in [2.24, 2.45) is 5.92 Å². The Hall–Kier alpha value is -1.29. The Labute approximate surface area is 122 Å². The maximum Gasteiger partial charge on any atom is 0.328 e. The zero-order valence-electron chi connectivity index (χ0n) is 11.0. The largest absolute Gasteiger partial charge is 0.478 e. The molecular formula is C15H18BrNO2. The molecule has 102 valence electrons. The van der Waals surface area contributed by atoms with Crippen LogP contribution >= 0.6 is 15.9 Å². The molecule has 19 heavy (non-hydrogen) atoms. The topological polar surface area (TPSA) is 40.5 Å². The van der Waals surface area contributed by atoms with Gasteiger partial charge in [0.15, 0.2) is 0 Å². The van der Waals surface area contributed by atoms with Crippen LogP contribution < -0.4 is 4.90 Å². The summed E-state index contributed by atoms with van der Waals surface area (Å²) >= 11 is 3.56. The quantitative estimate of drug-likeness (QED) is 0.838. The number of benzene rings is 1. The van der Waals surface area contributed by atoms with E-state index in [4.69, 9.17) is 5.11 Å². The molecule has 0 amide bonds. The van der Waals surface area contributed by atoms with Crippen LogP contribution in [0.4, 0.5) is 5.69 Å². The van der Waals surface area contributed by atoms with Crippen LogP contribution in [0.15, 0.2) is 28.7 Å². The van der Waals surface area contributed by atoms with Crippen LogP contribution in [-0.2, 0) is 4.79 Å². The summed E-state index contributed by atoms with van der Waals surface area (Å²) in [6.07, 6.45) is 6.78.